The molecule has 4 nitrogen and oxygen atoms in total. The Balaban J connectivity index is 1.71. The van der Waals surface area contributed by atoms with Crippen molar-refractivity contribution in [3.05, 3.63) is 29.3 Å². The fourth-order valence-electron chi connectivity index (χ4n) is 3.54. The van der Waals surface area contributed by atoms with Crippen molar-refractivity contribution < 1.29 is 4.79 Å². The summed E-state index contributed by atoms with van der Waals surface area (Å²) in [6, 6.07) is 7.63. The minimum Gasteiger partial charge on any atom is -0.321 e. The summed E-state index contributed by atoms with van der Waals surface area (Å²) in [6.07, 6.45) is 1.01. The van der Waals surface area contributed by atoms with Crippen molar-refractivity contribution >= 4 is 23.3 Å². The molecule has 1 aromatic carbocycles. The molecule has 2 saturated heterocycles. The monoisotopic (exact) mass is 293 g/mol. The molecule has 1 aromatic rings. The van der Waals surface area contributed by atoms with E-state index in [0.717, 1.165) is 31.7 Å². The number of urea groups is 1. The van der Waals surface area contributed by atoms with Gasteiger partial charge in [-0.1, -0.05) is 24.6 Å². The summed E-state index contributed by atoms with van der Waals surface area (Å²) in [5.74, 6) is 1.20. The van der Waals surface area contributed by atoms with Gasteiger partial charge in [-0.05, 0) is 36.5 Å². The fraction of sp³-hybridized carbons (Fsp3) is 0.533. The summed E-state index contributed by atoms with van der Waals surface area (Å²) >= 11 is 5.95. The van der Waals surface area contributed by atoms with Crippen LogP contribution in [0.25, 0.3) is 0 Å². The molecule has 3 rings (SSSR count). The number of fused-ring (bicyclic) bond motifs is 1. The molecular formula is C15H20ClN3O. The Labute approximate surface area is 124 Å². The van der Waals surface area contributed by atoms with Crippen molar-refractivity contribution in [3.8, 4) is 0 Å². The van der Waals surface area contributed by atoms with Gasteiger partial charge in [0.2, 0.25) is 0 Å². The highest BCUT2D eigenvalue weighted by Gasteiger charge is 2.45. The molecule has 0 bridgehead atoms. The number of carbonyl (C=O) groups is 1. The third-order valence-electron chi connectivity index (χ3n) is 4.47. The molecule has 2 heterocycles. The molecule has 2 fully saturated rings. The number of halogens is 1. The highest BCUT2D eigenvalue weighted by atomic mass is 35.5. The predicted molar refractivity (Wildman–Crippen MR) is 81.1 cm³/mol. The minimum absolute atomic E-state index is 0.00600. The lowest BCUT2D eigenvalue weighted by molar-refractivity contribution is 0.196. The summed E-state index contributed by atoms with van der Waals surface area (Å²) in [5, 5.41) is 7.03. The molecule has 0 aromatic heterocycles. The standard InChI is InChI=1S/C15H20ClN3O/c1-2-14-13-8-17-7-10(13)9-19(14)15(20)18-12-5-3-4-11(16)6-12/h3-6,10,13-14,17H,2,7-9H2,1H3,(H,18,20). The normalized spacial score (nSPS) is 28.5. The molecule has 2 aliphatic rings. The van der Waals surface area contributed by atoms with E-state index in [-0.39, 0.29) is 6.03 Å². The molecule has 5 heteroatoms. The molecule has 108 valence electrons. The number of carbonyl (C=O) groups excluding carboxylic acids is 1. The van der Waals surface area contributed by atoms with Crippen molar-refractivity contribution in [2.45, 2.75) is 19.4 Å². The van der Waals surface area contributed by atoms with Crippen LogP contribution in [-0.4, -0.2) is 36.6 Å². The lowest BCUT2D eigenvalue weighted by atomic mass is 9.93. The average Bonchev–Trinajstić information content (AvgIpc) is 2.98. The maximum absolute atomic E-state index is 12.5. The van der Waals surface area contributed by atoms with Crippen molar-refractivity contribution in [1.82, 2.24) is 10.2 Å². The second kappa shape index (κ2) is 5.62. The Morgan fingerprint density at radius 2 is 2.35 bits per heavy atom. The zero-order valence-electron chi connectivity index (χ0n) is 11.6. The summed E-state index contributed by atoms with van der Waals surface area (Å²) in [7, 11) is 0. The maximum atomic E-state index is 12.5. The van der Waals surface area contributed by atoms with Gasteiger partial charge in [0.05, 0.1) is 0 Å². The lowest BCUT2D eigenvalue weighted by Gasteiger charge is -2.27. The first-order chi connectivity index (χ1) is 9.69. The van der Waals surface area contributed by atoms with Crippen molar-refractivity contribution in [2.75, 3.05) is 25.0 Å². The second-order valence-corrected chi connectivity index (χ2v) is 6.09. The van der Waals surface area contributed by atoms with Crippen LogP contribution in [0.15, 0.2) is 24.3 Å². The topological polar surface area (TPSA) is 44.4 Å². The van der Waals surface area contributed by atoms with E-state index >= 15 is 0 Å². The van der Waals surface area contributed by atoms with Crippen molar-refractivity contribution in [3.63, 3.8) is 0 Å². The number of rotatable bonds is 2. The van der Waals surface area contributed by atoms with Gasteiger partial charge in [-0.2, -0.15) is 0 Å². The quantitative estimate of drug-likeness (QED) is 0.881. The molecule has 0 radical (unpaired) electrons. The van der Waals surface area contributed by atoms with Gasteiger partial charge in [0.25, 0.3) is 0 Å². The van der Waals surface area contributed by atoms with E-state index in [2.05, 4.69) is 17.6 Å². The Morgan fingerprint density at radius 3 is 3.10 bits per heavy atom. The van der Waals surface area contributed by atoms with Crippen LogP contribution >= 0.6 is 11.6 Å². The summed E-state index contributed by atoms with van der Waals surface area (Å²) in [4.78, 5) is 14.5. The van der Waals surface area contributed by atoms with Crippen molar-refractivity contribution in [2.24, 2.45) is 11.8 Å². The molecule has 20 heavy (non-hydrogen) atoms. The zero-order chi connectivity index (χ0) is 14.1. The number of nitrogens with one attached hydrogen (secondary N) is 2. The van der Waals surface area contributed by atoms with E-state index in [4.69, 9.17) is 11.6 Å². The molecule has 2 amide bonds. The van der Waals surface area contributed by atoms with Crippen LogP contribution < -0.4 is 10.6 Å². The number of hydrogen-bond acceptors (Lipinski definition) is 2. The maximum Gasteiger partial charge on any atom is 0.322 e. The number of benzene rings is 1. The smallest absolute Gasteiger partial charge is 0.321 e. The summed E-state index contributed by atoms with van der Waals surface area (Å²) in [6.45, 7) is 5.07. The van der Waals surface area contributed by atoms with Crippen LogP contribution in [-0.2, 0) is 0 Å². The number of amides is 2. The van der Waals surface area contributed by atoms with Gasteiger partial charge in [0.1, 0.15) is 0 Å². The molecule has 2 aliphatic heterocycles. The van der Waals surface area contributed by atoms with Gasteiger partial charge < -0.3 is 15.5 Å². The predicted octanol–water partition coefficient (Wildman–Crippen LogP) is 2.80. The average molecular weight is 294 g/mol. The highest BCUT2D eigenvalue weighted by Crippen LogP contribution is 2.34. The first-order valence-corrected chi connectivity index (χ1v) is 7.60. The van der Waals surface area contributed by atoms with E-state index in [9.17, 15) is 4.79 Å². The Bertz CT molecular complexity index is 508. The van der Waals surface area contributed by atoms with E-state index < -0.39 is 0 Å². The molecule has 3 unspecified atom stereocenters. The number of nitrogens with zero attached hydrogens (tertiary/aromatic N) is 1. The minimum atomic E-state index is -0.00600. The number of likely N-dealkylation sites (tertiary alicyclic amines) is 1. The van der Waals surface area contributed by atoms with E-state index in [1.54, 1.807) is 12.1 Å². The lowest BCUT2D eigenvalue weighted by Crippen LogP contribution is -2.42. The van der Waals surface area contributed by atoms with Crippen molar-refractivity contribution in [1.29, 1.82) is 0 Å². The van der Waals surface area contributed by atoms with Gasteiger partial charge in [-0.3, -0.25) is 0 Å². The number of hydrogen-bond donors (Lipinski definition) is 2. The van der Waals surface area contributed by atoms with E-state index in [0.29, 0.717) is 22.9 Å². The Kier molecular flexibility index (Phi) is 3.85. The van der Waals surface area contributed by atoms with Gasteiger partial charge in [-0.25, -0.2) is 4.79 Å². The van der Waals surface area contributed by atoms with Crippen LogP contribution in [0, 0.1) is 11.8 Å². The van der Waals surface area contributed by atoms with Gasteiger partial charge in [0.15, 0.2) is 0 Å². The zero-order valence-corrected chi connectivity index (χ0v) is 12.4. The highest BCUT2D eigenvalue weighted by molar-refractivity contribution is 6.30. The first-order valence-electron chi connectivity index (χ1n) is 7.23. The second-order valence-electron chi connectivity index (χ2n) is 5.65. The van der Waals surface area contributed by atoms with Gasteiger partial charge in [-0.15, -0.1) is 0 Å². The third-order valence-corrected chi connectivity index (χ3v) is 4.71. The molecule has 0 spiro atoms. The molecule has 0 saturated carbocycles. The summed E-state index contributed by atoms with van der Waals surface area (Å²) in [5.41, 5.74) is 0.757. The van der Waals surface area contributed by atoms with E-state index in [1.165, 1.54) is 0 Å². The largest absolute Gasteiger partial charge is 0.322 e. The van der Waals surface area contributed by atoms with Crippen LogP contribution in [0.4, 0.5) is 10.5 Å². The van der Waals surface area contributed by atoms with Crippen LogP contribution in [0.3, 0.4) is 0 Å². The fourth-order valence-corrected chi connectivity index (χ4v) is 3.73. The molecular weight excluding hydrogens is 274 g/mol. The third kappa shape index (κ3) is 2.50. The molecule has 3 atom stereocenters. The van der Waals surface area contributed by atoms with E-state index in [1.807, 2.05) is 17.0 Å². The SMILES string of the molecule is CCC1C2CNCC2CN1C(=O)Nc1cccc(Cl)c1. The van der Waals surface area contributed by atoms with Crippen LogP contribution in [0.2, 0.25) is 5.02 Å². The summed E-state index contributed by atoms with van der Waals surface area (Å²) < 4.78 is 0. The van der Waals surface area contributed by atoms with Crippen LogP contribution in [0.1, 0.15) is 13.3 Å². The number of anilines is 1. The molecule has 2 N–H and O–H groups in total. The van der Waals surface area contributed by atoms with Gasteiger partial charge >= 0.3 is 6.03 Å². The first kappa shape index (κ1) is 13.7. The Hall–Kier alpha value is -1.26. The van der Waals surface area contributed by atoms with Crippen LogP contribution in [0.5, 0.6) is 0 Å². The Morgan fingerprint density at radius 1 is 1.50 bits per heavy atom. The molecule has 0 aliphatic carbocycles. The van der Waals surface area contributed by atoms with Gasteiger partial charge in [0, 0.05) is 36.4 Å².